The van der Waals surface area contributed by atoms with Crippen LogP contribution in [0.5, 0.6) is 11.5 Å². The summed E-state index contributed by atoms with van der Waals surface area (Å²) in [5.74, 6) is 1.75. The first-order valence-electron chi connectivity index (χ1n) is 7.47. The zero-order valence-corrected chi connectivity index (χ0v) is 11.8. The van der Waals surface area contributed by atoms with Crippen LogP contribution in [-0.2, 0) is 16.6 Å². The molecule has 0 aromatic heterocycles. The number of hydrogen-bond acceptors (Lipinski definition) is 4. The van der Waals surface area contributed by atoms with Crippen LogP contribution in [0.2, 0.25) is 0 Å². The van der Waals surface area contributed by atoms with E-state index in [0.29, 0.717) is 11.8 Å². The fourth-order valence-corrected chi connectivity index (χ4v) is 4.70. The van der Waals surface area contributed by atoms with Crippen LogP contribution in [0.4, 0.5) is 0 Å². The Bertz CT molecular complexity index is 721. The number of hydrogen-bond donors (Lipinski definition) is 2. The summed E-state index contributed by atoms with van der Waals surface area (Å²) in [7, 11) is 1.69. The lowest BCUT2D eigenvalue weighted by molar-refractivity contribution is 0.0999. The van der Waals surface area contributed by atoms with Gasteiger partial charge in [-0.25, -0.2) is 0 Å². The molecule has 5 rings (SSSR count). The highest BCUT2D eigenvalue weighted by Crippen LogP contribution is 2.61. The van der Waals surface area contributed by atoms with E-state index in [1.165, 1.54) is 16.7 Å². The van der Waals surface area contributed by atoms with Crippen molar-refractivity contribution < 1.29 is 14.6 Å². The lowest BCUT2D eigenvalue weighted by Gasteiger charge is -2.49. The predicted octanol–water partition coefficient (Wildman–Crippen LogP) is 1.78. The van der Waals surface area contributed by atoms with Gasteiger partial charge in [-0.05, 0) is 42.7 Å². The summed E-state index contributed by atoms with van der Waals surface area (Å²) in [4.78, 5) is 0. The molecule has 1 saturated heterocycles. The number of ether oxygens (including phenoxy) is 2. The quantitative estimate of drug-likeness (QED) is 0.825. The van der Waals surface area contributed by atoms with E-state index in [1.807, 2.05) is 12.1 Å². The summed E-state index contributed by atoms with van der Waals surface area (Å²) < 4.78 is 11.8. The van der Waals surface area contributed by atoms with Crippen molar-refractivity contribution in [2.75, 3.05) is 13.7 Å². The molecule has 21 heavy (non-hydrogen) atoms. The molecule has 1 aromatic rings. The first-order chi connectivity index (χ1) is 10.3. The summed E-state index contributed by atoms with van der Waals surface area (Å²) in [6.45, 7) is 0.966. The number of piperidine rings is 1. The summed E-state index contributed by atoms with van der Waals surface area (Å²) >= 11 is 0. The molecule has 2 heterocycles. The third kappa shape index (κ3) is 1.17. The maximum Gasteiger partial charge on any atom is 0.169 e. The van der Waals surface area contributed by atoms with Crippen LogP contribution in [0, 0.1) is 0 Å². The van der Waals surface area contributed by atoms with E-state index in [-0.39, 0.29) is 17.3 Å². The van der Waals surface area contributed by atoms with Crippen LogP contribution < -0.4 is 10.1 Å². The molecule has 1 aromatic carbocycles. The van der Waals surface area contributed by atoms with Crippen molar-refractivity contribution in [2.45, 2.75) is 30.4 Å². The fraction of sp³-hybridized carbons (Fsp3) is 0.412. The van der Waals surface area contributed by atoms with Gasteiger partial charge in [0.05, 0.1) is 12.5 Å². The van der Waals surface area contributed by atoms with Gasteiger partial charge < -0.3 is 19.9 Å². The second-order valence-electron chi connectivity index (χ2n) is 6.27. The van der Waals surface area contributed by atoms with Crippen molar-refractivity contribution in [3.63, 3.8) is 0 Å². The Morgan fingerprint density at radius 3 is 3.14 bits per heavy atom. The average Bonchev–Trinajstić information content (AvgIpc) is 2.83. The van der Waals surface area contributed by atoms with Crippen LogP contribution in [-0.4, -0.2) is 30.9 Å². The third-order valence-corrected chi connectivity index (χ3v) is 5.50. The molecule has 0 radical (unpaired) electrons. The zero-order valence-electron chi connectivity index (χ0n) is 11.8. The van der Waals surface area contributed by atoms with Gasteiger partial charge in [-0.15, -0.1) is 0 Å². The average molecular weight is 283 g/mol. The third-order valence-electron chi connectivity index (χ3n) is 5.50. The van der Waals surface area contributed by atoms with Crippen LogP contribution in [0.25, 0.3) is 0 Å². The minimum atomic E-state index is -0.155. The second kappa shape index (κ2) is 3.63. The Hall–Kier alpha value is -1.94. The van der Waals surface area contributed by atoms with Gasteiger partial charge >= 0.3 is 0 Å². The number of rotatable bonds is 1. The predicted molar refractivity (Wildman–Crippen MR) is 77.5 cm³/mol. The molecule has 1 spiro atoms. The second-order valence-corrected chi connectivity index (χ2v) is 6.27. The van der Waals surface area contributed by atoms with Gasteiger partial charge in [-0.1, -0.05) is 12.1 Å². The topological polar surface area (TPSA) is 50.7 Å². The first kappa shape index (κ1) is 11.7. The monoisotopic (exact) mass is 283 g/mol. The van der Waals surface area contributed by atoms with E-state index in [1.54, 1.807) is 13.2 Å². The Kier molecular flexibility index (Phi) is 2.02. The van der Waals surface area contributed by atoms with Gasteiger partial charge in [-0.2, -0.15) is 0 Å². The van der Waals surface area contributed by atoms with Crippen molar-refractivity contribution in [1.82, 2.24) is 5.32 Å². The lowest BCUT2D eigenvalue weighted by Crippen LogP contribution is -2.58. The molecule has 4 nitrogen and oxygen atoms in total. The molecule has 2 unspecified atom stereocenters. The van der Waals surface area contributed by atoms with Crippen molar-refractivity contribution in [3.8, 4) is 11.5 Å². The molecule has 2 N–H and O–H groups in total. The number of aromatic hydroxyl groups is 1. The largest absolute Gasteiger partial charge is 0.504 e. The van der Waals surface area contributed by atoms with E-state index in [0.717, 1.165) is 25.1 Å². The summed E-state index contributed by atoms with van der Waals surface area (Å²) in [5, 5.41) is 13.9. The van der Waals surface area contributed by atoms with Crippen molar-refractivity contribution in [2.24, 2.45) is 0 Å². The number of methoxy groups -OCH3 is 1. The van der Waals surface area contributed by atoms with Crippen LogP contribution in [0.3, 0.4) is 0 Å². The smallest absolute Gasteiger partial charge is 0.169 e. The molecule has 2 bridgehead atoms. The molecule has 3 atom stereocenters. The number of phenols is 1. The van der Waals surface area contributed by atoms with Crippen LogP contribution in [0.1, 0.15) is 17.5 Å². The molecular weight excluding hydrogens is 266 g/mol. The Morgan fingerprint density at radius 1 is 1.38 bits per heavy atom. The van der Waals surface area contributed by atoms with Gasteiger partial charge in [0.25, 0.3) is 0 Å². The molecule has 2 aliphatic heterocycles. The van der Waals surface area contributed by atoms with E-state index < -0.39 is 0 Å². The first-order valence-corrected chi connectivity index (χ1v) is 7.47. The number of phenolic OH excluding ortho intramolecular Hbond substituents is 1. The molecule has 0 amide bonds. The standard InChI is InChI=1S/C17H17NO3/c1-20-13-5-3-10-11-8-9-2-4-12(19)15-14(9)17(10,6-7-18-11)16(13)21-15/h2-5,11,16,18-19H,6-8H2,1H3/t11?,16?,17-/m0/s1. The van der Waals surface area contributed by atoms with Gasteiger partial charge in [0, 0.05) is 11.6 Å². The maximum atomic E-state index is 10.2. The number of nitrogens with one attached hydrogen (secondary N) is 1. The van der Waals surface area contributed by atoms with E-state index in [4.69, 9.17) is 9.47 Å². The minimum absolute atomic E-state index is 0.144. The SMILES string of the molecule is COC1=CC=C2C3Cc4ccc(O)c5c4[C@@]2(CCN3)C1O5. The van der Waals surface area contributed by atoms with E-state index in [2.05, 4.69) is 11.4 Å². The van der Waals surface area contributed by atoms with Crippen molar-refractivity contribution >= 4 is 0 Å². The Labute approximate surface area is 123 Å². The highest BCUT2D eigenvalue weighted by atomic mass is 16.5. The molecule has 1 fully saturated rings. The molecule has 2 aliphatic carbocycles. The van der Waals surface area contributed by atoms with E-state index >= 15 is 0 Å². The molecule has 4 aliphatic rings. The Morgan fingerprint density at radius 2 is 2.29 bits per heavy atom. The normalized spacial score (nSPS) is 34.5. The zero-order chi connectivity index (χ0) is 14.2. The van der Waals surface area contributed by atoms with Crippen molar-refractivity contribution in [1.29, 1.82) is 0 Å². The summed E-state index contributed by atoms with van der Waals surface area (Å²) in [5.41, 5.74) is 3.71. The highest BCUT2D eigenvalue weighted by molar-refractivity contribution is 5.67. The highest BCUT2D eigenvalue weighted by Gasteiger charge is 2.60. The van der Waals surface area contributed by atoms with Crippen LogP contribution in [0.15, 0.2) is 35.6 Å². The summed E-state index contributed by atoms with van der Waals surface area (Å²) in [6, 6.07) is 4.16. The van der Waals surface area contributed by atoms with Gasteiger partial charge in [0.2, 0.25) is 0 Å². The van der Waals surface area contributed by atoms with Gasteiger partial charge in [0.15, 0.2) is 17.6 Å². The lowest BCUT2D eigenvalue weighted by atomic mass is 9.58. The van der Waals surface area contributed by atoms with Crippen LogP contribution >= 0.6 is 0 Å². The van der Waals surface area contributed by atoms with Gasteiger partial charge in [-0.3, -0.25) is 0 Å². The van der Waals surface area contributed by atoms with E-state index in [9.17, 15) is 5.11 Å². The van der Waals surface area contributed by atoms with Crippen molar-refractivity contribution in [3.05, 3.63) is 46.7 Å². The summed E-state index contributed by atoms with van der Waals surface area (Å²) in [6.07, 6.45) is 6.01. The van der Waals surface area contributed by atoms with Gasteiger partial charge in [0.1, 0.15) is 5.76 Å². The molecule has 4 heteroatoms. The number of benzene rings is 1. The molecule has 108 valence electrons. The molecular formula is C17H17NO3. The Balaban J connectivity index is 1.87. The maximum absolute atomic E-state index is 10.2. The fourth-order valence-electron chi connectivity index (χ4n) is 4.70. The minimum Gasteiger partial charge on any atom is -0.504 e. The molecule has 0 saturated carbocycles. The number of allylic oxidation sites excluding steroid dienone is 2.